The Morgan fingerprint density at radius 2 is 1.59 bits per heavy atom. The van der Waals surface area contributed by atoms with E-state index in [0.717, 1.165) is 4.90 Å². The number of nitro benzene ring substituents is 1. The van der Waals surface area contributed by atoms with Crippen LogP contribution in [0.25, 0.3) is 0 Å². The molecule has 0 aliphatic carbocycles. The number of fused-ring (bicyclic) bond motifs is 1. The Bertz CT molecular complexity index is 873. The number of hydrogen-bond donors (Lipinski definition) is 0. The molecule has 0 N–H and O–H groups in total. The summed E-state index contributed by atoms with van der Waals surface area (Å²) in [5, 5.41) is 10.6. The molecule has 3 rings (SSSR count). The van der Waals surface area contributed by atoms with Gasteiger partial charge in [0.25, 0.3) is 17.5 Å². The lowest BCUT2D eigenvalue weighted by Crippen LogP contribution is -2.33. The fraction of sp³-hybridized carbons (Fsp3) is 0.167. The van der Waals surface area contributed by atoms with Crippen molar-refractivity contribution in [2.45, 2.75) is 0 Å². The van der Waals surface area contributed by atoms with E-state index >= 15 is 0 Å². The second-order valence-electron chi connectivity index (χ2n) is 5.57. The highest BCUT2D eigenvalue weighted by Crippen LogP contribution is 2.22. The second-order valence-corrected chi connectivity index (χ2v) is 5.57. The summed E-state index contributed by atoms with van der Waals surface area (Å²) in [5.41, 5.74) is 0.566. The third-order valence-corrected chi connectivity index (χ3v) is 3.86. The maximum absolute atomic E-state index is 12.2. The molecule has 2 aromatic rings. The zero-order valence-electron chi connectivity index (χ0n) is 14.0. The summed E-state index contributed by atoms with van der Waals surface area (Å²) in [6.45, 7) is -0.622. The number of esters is 1. The van der Waals surface area contributed by atoms with Crippen LogP contribution >= 0.6 is 0 Å². The summed E-state index contributed by atoms with van der Waals surface area (Å²) in [4.78, 5) is 47.1. The first-order chi connectivity index (χ1) is 13.0. The van der Waals surface area contributed by atoms with Crippen LogP contribution in [0.2, 0.25) is 0 Å². The Labute approximate surface area is 153 Å². The van der Waals surface area contributed by atoms with E-state index < -0.39 is 29.3 Å². The molecule has 0 radical (unpaired) electrons. The summed E-state index contributed by atoms with van der Waals surface area (Å²) in [6, 6.07) is 11.7. The van der Waals surface area contributed by atoms with Gasteiger partial charge in [-0.3, -0.25) is 24.6 Å². The highest BCUT2D eigenvalue weighted by Gasteiger charge is 2.34. The molecule has 0 fully saturated rings. The number of ether oxygens (including phenoxy) is 2. The molecular formula is C18H14N2O7. The number of nitrogens with zero attached hydrogens (tertiary/aromatic N) is 2. The van der Waals surface area contributed by atoms with Crippen LogP contribution in [0.4, 0.5) is 5.69 Å². The standard InChI is InChI=1S/C18H14N2O7/c21-16(11-27-13-7-5-12(6-8-13)20(24)25)26-10-9-19-17(22)14-3-1-2-4-15(14)18(19)23/h1-8H,9-11H2. The first-order valence-electron chi connectivity index (χ1n) is 7.95. The van der Waals surface area contributed by atoms with Gasteiger partial charge in [0.05, 0.1) is 22.6 Å². The molecule has 2 amide bonds. The summed E-state index contributed by atoms with van der Waals surface area (Å²) in [6.07, 6.45) is 0. The van der Waals surface area contributed by atoms with Crippen LogP contribution in [0.5, 0.6) is 5.75 Å². The van der Waals surface area contributed by atoms with E-state index in [-0.39, 0.29) is 24.6 Å². The molecule has 0 unspecified atom stereocenters. The Morgan fingerprint density at radius 3 is 2.15 bits per heavy atom. The average molecular weight is 370 g/mol. The van der Waals surface area contributed by atoms with Crippen LogP contribution in [0.3, 0.4) is 0 Å². The average Bonchev–Trinajstić information content (AvgIpc) is 2.92. The lowest BCUT2D eigenvalue weighted by atomic mass is 10.1. The van der Waals surface area contributed by atoms with Crippen molar-refractivity contribution in [2.24, 2.45) is 0 Å². The van der Waals surface area contributed by atoms with Gasteiger partial charge in [-0.1, -0.05) is 12.1 Å². The number of imide groups is 1. The van der Waals surface area contributed by atoms with E-state index in [0.29, 0.717) is 11.1 Å². The van der Waals surface area contributed by atoms with Crippen molar-refractivity contribution < 1.29 is 28.8 Å². The molecule has 0 atom stereocenters. The maximum Gasteiger partial charge on any atom is 0.344 e. The molecule has 9 nitrogen and oxygen atoms in total. The number of benzene rings is 2. The Morgan fingerprint density at radius 1 is 1.00 bits per heavy atom. The molecule has 2 aromatic carbocycles. The van der Waals surface area contributed by atoms with Gasteiger partial charge in [0, 0.05) is 12.1 Å². The Kier molecular flexibility index (Phi) is 5.11. The van der Waals surface area contributed by atoms with Crippen molar-refractivity contribution in [1.29, 1.82) is 0 Å². The molecule has 9 heteroatoms. The molecule has 1 aliphatic heterocycles. The highest BCUT2D eigenvalue weighted by molar-refractivity contribution is 6.21. The van der Waals surface area contributed by atoms with Crippen molar-refractivity contribution in [3.63, 3.8) is 0 Å². The lowest BCUT2D eigenvalue weighted by Gasteiger charge is -2.14. The number of carbonyl (C=O) groups is 3. The van der Waals surface area contributed by atoms with Gasteiger partial charge < -0.3 is 9.47 Å². The van der Waals surface area contributed by atoms with Crippen LogP contribution in [0, 0.1) is 10.1 Å². The van der Waals surface area contributed by atoms with Crippen molar-refractivity contribution in [1.82, 2.24) is 4.90 Å². The highest BCUT2D eigenvalue weighted by atomic mass is 16.6. The molecule has 0 spiro atoms. The minimum Gasteiger partial charge on any atom is -0.482 e. The molecule has 0 saturated heterocycles. The Hall–Kier alpha value is -3.75. The largest absolute Gasteiger partial charge is 0.482 e. The quantitative estimate of drug-likeness (QED) is 0.316. The number of rotatable bonds is 7. The van der Waals surface area contributed by atoms with E-state index in [1.54, 1.807) is 24.3 Å². The van der Waals surface area contributed by atoms with Crippen LogP contribution < -0.4 is 4.74 Å². The zero-order chi connectivity index (χ0) is 19.4. The zero-order valence-corrected chi connectivity index (χ0v) is 14.0. The van der Waals surface area contributed by atoms with Crippen LogP contribution in [0.15, 0.2) is 48.5 Å². The van der Waals surface area contributed by atoms with E-state index in [4.69, 9.17) is 9.47 Å². The van der Waals surface area contributed by atoms with Gasteiger partial charge in [-0.2, -0.15) is 0 Å². The summed E-state index contributed by atoms with van der Waals surface area (Å²) in [7, 11) is 0. The first-order valence-corrected chi connectivity index (χ1v) is 7.95. The smallest absolute Gasteiger partial charge is 0.344 e. The summed E-state index contributed by atoms with van der Waals surface area (Å²) in [5.74, 6) is -1.26. The van der Waals surface area contributed by atoms with Gasteiger partial charge in [-0.15, -0.1) is 0 Å². The molecular weight excluding hydrogens is 356 g/mol. The van der Waals surface area contributed by atoms with Gasteiger partial charge in [-0.25, -0.2) is 4.79 Å². The third kappa shape index (κ3) is 3.92. The van der Waals surface area contributed by atoms with Gasteiger partial charge >= 0.3 is 5.97 Å². The molecule has 1 aliphatic rings. The van der Waals surface area contributed by atoms with Crippen LogP contribution in [-0.4, -0.2) is 47.4 Å². The normalized spacial score (nSPS) is 12.7. The van der Waals surface area contributed by atoms with E-state index in [9.17, 15) is 24.5 Å². The van der Waals surface area contributed by atoms with Gasteiger partial charge in [-0.05, 0) is 24.3 Å². The minimum absolute atomic E-state index is 0.0599. The van der Waals surface area contributed by atoms with Crippen LogP contribution in [0.1, 0.15) is 20.7 Å². The first kappa shape index (κ1) is 18.1. The topological polar surface area (TPSA) is 116 Å². The predicted octanol–water partition coefficient (Wildman–Crippen LogP) is 1.81. The van der Waals surface area contributed by atoms with Crippen molar-refractivity contribution in [3.8, 4) is 5.75 Å². The number of non-ortho nitro benzene ring substituents is 1. The molecule has 0 aromatic heterocycles. The molecule has 27 heavy (non-hydrogen) atoms. The summed E-state index contributed by atoms with van der Waals surface area (Å²) < 4.78 is 10.1. The lowest BCUT2D eigenvalue weighted by molar-refractivity contribution is -0.384. The van der Waals surface area contributed by atoms with Gasteiger partial charge in [0.2, 0.25) is 0 Å². The predicted molar refractivity (Wildman–Crippen MR) is 91.4 cm³/mol. The van der Waals surface area contributed by atoms with E-state index in [2.05, 4.69) is 0 Å². The number of nitro groups is 1. The molecule has 0 saturated carbocycles. The monoisotopic (exact) mass is 370 g/mol. The maximum atomic E-state index is 12.2. The van der Waals surface area contributed by atoms with Gasteiger partial charge in [0.1, 0.15) is 12.4 Å². The molecule has 0 bridgehead atoms. The Balaban J connectivity index is 1.44. The molecule has 138 valence electrons. The van der Waals surface area contributed by atoms with Crippen molar-refractivity contribution in [3.05, 3.63) is 69.8 Å². The third-order valence-electron chi connectivity index (χ3n) is 3.86. The number of hydrogen-bond acceptors (Lipinski definition) is 7. The fourth-order valence-corrected chi connectivity index (χ4v) is 2.54. The van der Waals surface area contributed by atoms with Crippen LogP contribution in [-0.2, 0) is 9.53 Å². The number of amides is 2. The second kappa shape index (κ2) is 7.65. The van der Waals surface area contributed by atoms with Crippen molar-refractivity contribution in [2.75, 3.05) is 19.8 Å². The van der Waals surface area contributed by atoms with E-state index in [1.165, 1.54) is 24.3 Å². The SMILES string of the molecule is O=C(COc1ccc([N+](=O)[O-])cc1)OCCN1C(=O)c2ccccc2C1=O. The van der Waals surface area contributed by atoms with E-state index in [1.807, 2.05) is 0 Å². The summed E-state index contributed by atoms with van der Waals surface area (Å²) >= 11 is 0. The minimum atomic E-state index is -0.690. The molecule has 1 heterocycles. The van der Waals surface area contributed by atoms with Crippen molar-refractivity contribution >= 4 is 23.5 Å². The van der Waals surface area contributed by atoms with Gasteiger partial charge in [0.15, 0.2) is 6.61 Å². The number of carbonyl (C=O) groups excluding carboxylic acids is 3. The fourth-order valence-electron chi connectivity index (χ4n) is 2.54.